The first-order chi connectivity index (χ1) is 15.6. The van der Waals surface area contributed by atoms with Gasteiger partial charge in [0.2, 0.25) is 0 Å². The Labute approximate surface area is 198 Å². The number of hydrogen-bond acceptors (Lipinski definition) is 6. The third-order valence-electron chi connectivity index (χ3n) is 6.07. The lowest BCUT2D eigenvalue weighted by Crippen LogP contribution is -2.42. The molecule has 0 spiro atoms. The lowest BCUT2D eigenvalue weighted by Gasteiger charge is -2.34. The molecule has 1 aromatic carbocycles. The zero-order chi connectivity index (χ0) is 22.3. The SMILES string of the molecule is COC(=O)CC1CCCCN1Cn1nc(Cc2cccs2)n(CCc2ccccc2)c1=S. The van der Waals surface area contributed by atoms with Crippen LogP contribution in [0.3, 0.4) is 0 Å². The van der Waals surface area contributed by atoms with Gasteiger partial charge in [0.05, 0.1) is 20.2 Å². The Morgan fingerprint density at radius 1 is 1.22 bits per heavy atom. The van der Waals surface area contributed by atoms with Crippen molar-refractivity contribution >= 4 is 29.5 Å². The van der Waals surface area contributed by atoms with Crippen LogP contribution in [0.15, 0.2) is 47.8 Å². The van der Waals surface area contributed by atoms with Crippen LogP contribution >= 0.6 is 23.6 Å². The van der Waals surface area contributed by atoms with Gasteiger partial charge in [-0.1, -0.05) is 42.8 Å². The molecule has 1 atom stereocenters. The largest absolute Gasteiger partial charge is 0.469 e. The summed E-state index contributed by atoms with van der Waals surface area (Å²) in [7, 11) is 1.46. The summed E-state index contributed by atoms with van der Waals surface area (Å²) in [6.07, 6.45) is 5.36. The van der Waals surface area contributed by atoms with Crippen LogP contribution in [0.4, 0.5) is 0 Å². The van der Waals surface area contributed by atoms with Crippen molar-refractivity contribution in [3.05, 3.63) is 68.9 Å². The van der Waals surface area contributed by atoms with Crippen molar-refractivity contribution in [2.45, 2.75) is 57.8 Å². The smallest absolute Gasteiger partial charge is 0.307 e. The van der Waals surface area contributed by atoms with Crippen LogP contribution in [0.1, 0.15) is 41.9 Å². The molecule has 1 fully saturated rings. The number of carbonyl (C=O) groups is 1. The predicted molar refractivity (Wildman–Crippen MR) is 129 cm³/mol. The van der Waals surface area contributed by atoms with E-state index in [-0.39, 0.29) is 12.0 Å². The highest BCUT2D eigenvalue weighted by Crippen LogP contribution is 2.22. The Morgan fingerprint density at radius 3 is 2.81 bits per heavy atom. The standard InChI is InChI=1S/C24H30N4O2S2/c1-30-23(29)16-20-10-5-6-13-26(20)18-28-24(31)27(14-12-19-8-3-2-4-9-19)22(25-28)17-21-11-7-15-32-21/h2-4,7-9,11,15,20H,5-6,10,12-14,16-18H2,1H3. The summed E-state index contributed by atoms with van der Waals surface area (Å²) in [6.45, 7) is 2.35. The van der Waals surface area contributed by atoms with E-state index in [2.05, 4.69) is 51.2 Å². The zero-order valence-electron chi connectivity index (χ0n) is 18.5. The Balaban J connectivity index is 1.56. The second kappa shape index (κ2) is 11.0. The minimum atomic E-state index is -0.155. The fourth-order valence-corrected chi connectivity index (χ4v) is 5.31. The number of thiophene rings is 1. The first kappa shape index (κ1) is 22.9. The number of aromatic nitrogens is 3. The van der Waals surface area contributed by atoms with Crippen molar-refractivity contribution < 1.29 is 9.53 Å². The van der Waals surface area contributed by atoms with E-state index in [0.717, 1.165) is 55.8 Å². The van der Waals surface area contributed by atoms with Crippen LogP contribution in [0, 0.1) is 4.77 Å². The maximum atomic E-state index is 11.9. The number of aryl methyl sites for hydroxylation is 1. The first-order valence-electron chi connectivity index (χ1n) is 11.2. The molecule has 3 aromatic rings. The van der Waals surface area contributed by atoms with Crippen LogP contribution in [0.5, 0.6) is 0 Å². The van der Waals surface area contributed by atoms with Gasteiger partial charge in [0.25, 0.3) is 0 Å². The third-order valence-corrected chi connectivity index (χ3v) is 7.38. The van der Waals surface area contributed by atoms with E-state index >= 15 is 0 Å². The van der Waals surface area contributed by atoms with Gasteiger partial charge in [-0.25, -0.2) is 4.68 Å². The van der Waals surface area contributed by atoms with Crippen LogP contribution in [-0.2, 0) is 35.6 Å². The summed E-state index contributed by atoms with van der Waals surface area (Å²) in [5.74, 6) is 0.840. The molecule has 3 heterocycles. The Hall–Kier alpha value is -2.29. The van der Waals surface area contributed by atoms with Crippen LogP contribution in [-0.4, -0.2) is 44.9 Å². The van der Waals surface area contributed by atoms with E-state index in [9.17, 15) is 4.79 Å². The average molecular weight is 471 g/mol. The monoisotopic (exact) mass is 470 g/mol. The van der Waals surface area contributed by atoms with E-state index in [0.29, 0.717) is 13.1 Å². The average Bonchev–Trinajstić information content (AvgIpc) is 3.43. The maximum absolute atomic E-state index is 11.9. The number of benzene rings is 1. The molecule has 170 valence electrons. The van der Waals surface area contributed by atoms with Gasteiger partial charge in [0.1, 0.15) is 5.82 Å². The number of methoxy groups -OCH3 is 1. The lowest BCUT2D eigenvalue weighted by atomic mass is 10.00. The molecule has 1 aliphatic heterocycles. The molecule has 4 rings (SSSR count). The molecule has 0 amide bonds. The third kappa shape index (κ3) is 5.74. The first-order valence-corrected chi connectivity index (χ1v) is 12.5. The summed E-state index contributed by atoms with van der Waals surface area (Å²) in [4.78, 5) is 15.5. The van der Waals surface area contributed by atoms with Crippen molar-refractivity contribution in [3.8, 4) is 0 Å². The van der Waals surface area contributed by atoms with Crippen molar-refractivity contribution in [2.24, 2.45) is 0 Å². The number of rotatable bonds is 9. The molecule has 1 unspecified atom stereocenters. The van der Waals surface area contributed by atoms with Gasteiger partial charge in [-0.3, -0.25) is 9.69 Å². The number of piperidine rings is 1. The highest BCUT2D eigenvalue weighted by molar-refractivity contribution is 7.71. The Kier molecular flexibility index (Phi) is 7.89. The zero-order valence-corrected chi connectivity index (χ0v) is 20.1. The van der Waals surface area contributed by atoms with Gasteiger partial charge < -0.3 is 9.30 Å². The summed E-state index contributed by atoms with van der Waals surface area (Å²) in [5.41, 5.74) is 1.29. The fourth-order valence-electron chi connectivity index (χ4n) is 4.31. The van der Waals surface area contributed by atoms with Crippen LogP contribution < -0.4 is 0 Å². The van der Waals surface area contributed by atoms with Crippen molar-refractivity contribution in [2.75, 3.05) is 13.7 Å². The van der Waals surface area contributed by atoms with E-state index in [1.165, 1.54) is 17.6 Å². The fraction of sp³-hybridized carbons (Fsp3) is 0.458. The van der Waals surface area contributed by atoms with Crippen molar-refractivity contribution in [1.29, 1.82) is 0 Å². The minimum Gasteiger partial charge on any atom is -0.469 e. The quantitative estimate of drug-likeness (QED) is 0.336. The second-order valence-electron chi connectivity index (χ2n) is 8.23. The molecule has 0 saturated carbocycles. The van der Waals surface area contributed by atoms with Crippen molar-refractivity contribution in [1.82, 2.24) is 19.2 Å². The molecule has 1 saturated heterocycles. The number of ether oxygens (including phenoxy) is 1. The second-order valence-corrected chi connectivity index (χ2v) is 9.62. The number of likely N-dealkylation sites (tertiary alicyclic amines) is 1. The number of esters is 1. The topological polar surface area (TPSA) is 52.3 Å². The number of nitrogens with zero attached hydrogens (tertiary/aromatic N) is 4. The number of carbonyl (C=O) groups excluding carboxylic acids is 1. The van der Waals surface area contributed by atoms with E-state index < -0.39 is 0 Å². The maximum Gasteiger partial charge on any atom is 0.307 e. The molecule has 6 nitrogen and oxygen atoms in total. The molecule has 0 radical (unpaired) electrons. The molecule has 32 heavy (non-hydrogen) atoms. The summed E-state index contributed by atoms with van der Waals surface area (Å²) in [6, 6.07) is 14.9. The van der Waals surface area contributed by atoms with Gasteiger partial charge in [0.15, 0.2) is 4.77 Å². The molecular formula is C24H30N4O2S2. The van der Waals surface area contributed by atoms with E-state index in [1.54, 1.807) is 11.3 Å². The van der Waals surface area contributed by atoms with Crippen LogP contribution in [0.25, 0.3) is 0 Å². The highest BCUT2D eigenvalue weighted by atomic mass is 32.1. The molecule has 8 heteroatoms. The normalized spacial score (nSPS) is 16.8. The summed E-state index contributed by atoms with van der Waals surface area (Å²) < 4.78 is 9.79. The molecule has 0 aliphatic carbocycles. The van der Waals surface area contributed by atoms with Gasteiger partial charge in [0, 0.05) is 30.4 Å². The van der Waals surface area contributed by atoms with E-state index in [4.69, 9.17) is 22.1 Å². The Bertz CT molecular complexity index is 1060. The lowest BCUT2D eigenvalue weighted by molar-refractivity contribution is -0.142. The van der Waals surface area contributed by atoms with E-state index in [1.807, 2.05) is 10.7 Å². The molecular weight excluding hydrogens is 440 g/mol. The minimum absolute atomic E-state index is 0.155. The molecule has 2 aromatic heterocycles. The number of hydrogen-bond donors (Lipinski definition) is 0. The molecule has 0 N–H and O–H groups in total. The van der Waals surface area contributed by atoms with Gasteiger partial charge in [-0.15, -0.1) is 11.3 Å². The molecule has 0 bridgehead atoms. The van der Waals surface area contributed by atoms with Gasteiger partial charge in [-0.05, 0) is 48.5 Å². The van der Waals surface area contributed by atoms with Crippen molar-refractivity contribution in [3.63, 3.8) is 0 Å². The highest BCUT2D eigenvalue weighted by Gasteiger charge is 2.26. The van der Waals surface area contributed by atoms with Gasteiger partial charge >= 0.3 is 5.97 Å². The summed E-state index contributed by atoms with van der Waals surface area (Å²) in [5, 5.41) is 7.05. The Morgan fingerprint density at radius 2 is 2.06 bits per heavy atom. The molecule has 1 aliphatic rings. The van der Waals surface area contributed by atoms with Crippen LogP contribution in [0.2, 0.25) is 0 Å². The predicted octanol–water partition coefficient (Wildman–Crippen LogP) is 4.68. The van der Waals surface area contributed by atoms with Gasteiger partial charge in [-0.2, -0.15) is 5.10 Å². The summed E-state index contributed by atoms with van der Waals surface area (Å²) >= 11 is 7.63.